The second-order valence-electron chi connectivity index (χ2n) is 4.40. The Labute approximate surface area is 132 Å². The van der Waals surface area contributed by atoms with Crippen LogP contribution in [0.5, 0.6) is 0 Å². The number of thiophene rings is 1. The molecule has 0 aliphatic rings. The summed E-state index contributed by atoms with van der Waals surface area (Å²) in [5, 5.41) is 11.2. The predicted octanol–water partition coefficient (Wildman–Crippen LogP) is 3.75. The summed E-state index contributed by atoms with van der Waals surface area (Å²) >= 11 is 13.2. The van der Waals surface area contributed by atoms with Crippen LogP contribution in [-0.2, 0) is 16.0 Å². The summed E-state index contributed by atoms with van der Waals surface area (Å²) in [7, 11) is 0. The van der Waals surface area contributed by atoms with Gasteiger partial charge in [0.1, 0.15) is 0 Å². The zero-order chi connectivity index (χ0) is 15.0. The molecular weight excluding hydrogens is 321 g/mol. The lowest BCUT2D eigenvalue weighted by atomic mass is 10.1. The number of carbonyl (C=O) groups is 2. The van der Waals surface area contributed by atoms with Crippen molar-refractivity contribution in [3.8, 4) is 0 Å². The summed E-state index contributed by atoms with van der Waals surface area (Å²) in [5.74, 6) is -0.819. The molecular formula is C13H17Cl2NO3S. The van der Waals surface area contributed by atoms with E-state index in [-0.39, 0.29) is 12.3 Å². The van der Waals surface area contributed by atoms with Gasteiger partial charge in [-0.3, -0.25) is 9.59 Å². The Bertz CT molecular complexity index is 462. The van der Waals surface area contributed by atoms with Gasteiger partial charge in [0.05, 0.1) is 8.67 Å². The minimum Gasteiger partial charge on any atom is -0.481 e. The highest BCUT2D eigenvalue weighted by atomic mass is 35.5. The number of halogens is 2. The molecule has 20 heavy (non-hydrogen) atoms. The van der Waals surface area contributed by atoms with Crippen molar-refractivity contribution in [3.05, 3.63) is 20.3 Å². The van der Waals surface area contributed by atoms with Crippen molar-refractivity contribution in [1.82, 2.24) is 5.32 Å². The topological polar surface area (TPSA) is 66.4 Å². The molecule has 0 spiro atoms. The van der Waals surface area contributed by atoms with E-state index in [1.54, 1.807) is 0 Å². The van der Waals surface area contributed by atoms with Crippen LogP contribution < -0.4 is 5.32 Å². The minimum atomic E-state index is -0.803. The highest BCUT2D eigenvalue weighted by Crippen LogP contribution is 2.31. The number of hydrogen-bond acceptors (Lipinski definition) is 3. The van der Waals surface area contributed by atoms with E-state index in [0.717, 1.165) is 12.0 Å². The predicted molar refractivity (Wildman–Crippen MR) is 81.8 cm³/mol. The molecule has 0 aromatic carbocycles. The molecule has 1 rings (SSSR count). The third-order valence-electron chi connectivity index (χ3n) is 2.72. The number of unbranched alkanes of at least 4 members (excludes halogenated alkanes) is 1. The van der Waals surface area contributed by atoms with Gasteiger partial charge in [-0.05, 0) is 37.3 Å². The molecule has 0 atom stereocenters. The molecule has 1 aromatic heterocycles. The van der Waals surface area contributed by atoms with Crippen molar-refractivity contribution in [2.75, 3.05) is 6.54 Å². The molecule has 0 bridgehead atoms. The van der Waals surface area contributed by atoms with Gasteiger partial charge in [0.25, 0.3) is 0 Å². The molecule has 0 radical (unpaired) electrons. The molecule has 2 N–H and O–H groups in total. The van der Waals surface area contributed by atoms with E-state index in [1.807, 2.05) is 6.07 Å². The molecule has 0 saturated heterocycles. The van der Waals surface area contributed by atoms with E-state index in [2.05, 4.69) is 5.32 Å². The molecule has 0 saturated carbocycles. The van der Waals surface area contributed by atoms with E-state index < -0.39 is 5.97 Å². The van der Waals surface area contributed by atoms with Crippen LogP contribution in [0.1, 0.15) is 37.7 Å². The first-order chi connectivity index (χ1) is 9.49. The maximum atomic E-state index is 11.5. The molecule has 4 nitrogen and oxygen atoms in total. The smallest absolute Gasteiger partial charge is 0.303 e. The Morgan fingerprint density at radius 2 is 1.95 bits per heavy atom. The van der Waals surface area contributed by atoms with Gasteiger partial charge in [-0.1, -0.05) is 23.2 Å². The van der Waals surface area contributed by atoms with E-state index in [0.29, 0.717) is 40.9 Å². The fraction of sp³-hybridized carbons (Fsp3) is 0.538. The van der Waals surface area contributed by atoms with E-state index >= 15 is 0 Å². The minimum absolute atomic E-state index is 0.0160. The van der Waals surface area contributed by atoms with Crippen molar-refractivity contribution in [2.24, 2.45) is 0 Å². The van der Waals surface area contributed by atoms with Gasteiger partial charge in [-0.2, -0.15) is 0 Å². The van der Waals surface area contributed by atoms with Crippen LogP contribution in [0.4, 0.5) is 0 Å². The van der Waals surface area contributed by atoms with Crippen LogP contribution in [0.25, 0.3) is 0 Å². The van der Waals surface area contributed by atoms with Crippen LogP contribution in [-0.4, -0.2) is 23.5 Å². The van der Waals surface area contributed by atoms with Crippen LogP contribution in [0.3, 0.4) is 0 Å². The number of aryl methyl sites for hydroxylation is 1. The fourth-order valence-corrected chi connectivity index (χ4v) is 3.25. The maximum Gasteiger partial charge on any atom is 0.303 e. The van der Waals surface area contributed by atoms with Crippen molar-refractivity contribution in [3.63, 3.8) is 0 Å². The Morgan fingerprint density at radius 1 is 1.20 bits per heavy atom. The Hall–Kier alpha value is -0.780. The van der Waals surface area contributed by atoms with Crippen LogP contribution in [0, 0.1) is 0 Å². The molecule has 7 heteroatoms. The summed E-state index contributed by atoms with van der Waals surface area (Å²) in [5.41, 5.74) is 0.982. The lowest BCUT2D eigenvalue weighted by molar-refractivity contribution is -0.137. The Morgan fingerprint density at radius 3 is 2.55 bits per heavy atom. The quantitative estimate of drug-likeness (QED) is 0.674. The second kappa shape index (κ2) is 9.21. The van der Waals surface area contributed by atoms with Gasteiger partial charge in [0.2, 0.25) is 5.91 Å². The van der Waals surface area contributed by atoms with Crippen molar-refractivity contribution < 1.29 is 14.7 Å². The lowest BCUT2D eigenvalue weighted by Crippen LogP contribution is -2.24. The zero-order valence-corrected chi connectivity index (χ0v) is 13.3. The largest absolute Gasteiger partial charge is 0.481 e. The van der Waals surface area contributed by atoms with Gasteiger partial charge in [-0.25, -0.2) is 0 Å². The SMILES string of the molecule is O=C(O)CCCCNC(=O)CCCc1cc(Cl)sc1Cl. The van der Waals surface area contributed by atoms with E-state index in [9.17, 15) is 9.59 Å². The lowest BCUT2D eigenvalue weighted by Gasteiger charge is -2.04. The first-order valence-electron chi connectivity index (χ1n) is 6.41. The van der Waals surface area contributed by atoms with Crippen molar-refractivity contribution in [2.45, 2.75) is 38.5 Å². The monoisotopic (exact) mass is 337 g/mol. The first kappa shape index (κ1) is 17.3. The maximum absolute atomic E-state index is 11.5. The number of aliphatic carboxylic acids is 1. The van der Waals surface area contributed by atoms with Gasteiger partial charge in [0.15, 0.2) is 0 Å². The normalized spacial score (nSPS) is 10.5. The third-order valence-corrected chi connectivity index (χ3v) is 4.29. The number of hydrogen-bond donors (Lipinski definition) is 2. The summed E-state index contributed by atoms with van der Waals surface area (Å²) in [6.07, 6.45) is 3.29. The molecule has 1 aromatic rings. The number of nitrogens with one attached hydrogen (secondary N) is 1. The Kier molecular flexibility index (Phi) is 7.95. The molecule has 0 aliphatic heterocycles. The number of rotatable bonds is 9. The molecule has 0 aliphatic carbocycles. The number of carboxylic acid groups (broad SMARTS) is 1. The molecule has 1 heterocycles. The third kappa shape index (κ3) is 7.12. The second-order valence-corrected chi connectivity index (χ2v) is 6.69. The van der Waals surface area contributed by atoms with Gasteiger partial charge in [-0.15, -0.1) is 11.3 Å². The van der Waals surface area contributed by atoms with Crippen molar-refractivity contribution in [1.29, 1.82) is 0 Å². The van der Waals surface area contributed by atoms with Crippen LogP contribution >= 0.6 is 34.5 Å². The molecule has 1 amide bonds. The van der Waals surface area contributed by atoms with E-state index in [1.165, 1.54) is 11.3 Å². The van der Waals surface area contributed by atoms with Crippen LogP contribution in [0.15, 0.2) is 6.07 Å². The Balaban J connectivity index is 2.08. The van der Waals surface area contributed by atoms with Gasteiger partial charge in [0, 0.05) is 19.4 Å². The average Bonchev–Trinajstić information content (AvgIpc) is 2.67. The summed E-state index contributed by atoms with van der Waals surface area (Å²) < 4.78 is 1.34. The highest BCUT2D eigenvalue weighted by Gasteiger charge is 2.07. The fourth-order valence-electron chi connectivity index (χ4n) is 1.70. The number of amides is 1. The standard InChI is InChI=1S/C13H17Cl2NO3S/c14-10-8-9(13(15)20-10)4-3-5-11(17)16-7-2-1-6-12(18)19/h8H,1-7H2,(H,16,17)(H,18,19). The molecule has 112 valence electrons. The van der Waals surface area contributed by atoms with E-state index in [4.69, 9.17) is 28.3 Å². The number of carboxylic acids is 1. The van der Waals surface area contributed by atoms with Crippen molar-refractivity contribution >= 4 is 46.4 Å². The number of carbonyl (C=O) groups excluding carboxylic acids is 1. The first-order valence-corrected chi connectivity index (χ1v) is 7.98. The van der Waals surface area contributed by atoms with Crippen LogP contribution in [0.2, 0.25) is 8.67 Å². The molecule has 0 unspecified atom stereocenters. The van der Waals surface area contributed by atoms with Gasteiger partial charge >= 0.3 is 5.97 Å². The average molecular weight is 338 g/mol. The summed E-state index contributed by atoms with van der Waals surface area (Å²) in [4.78, 5) is 21.8. The zero-order valence-electron chi connectivity index (χ0n) is 11.0. The summed E-state index contributed by atoms with van der Waals surface area (Å²) in [6.45, 7) is 0.525. The molecule has 0 fully saturated rings. The summed E-state index contributed by atoms with van der Waals surface area (Å²) in [6, 6.07) is 1.83. The van der Waals surface area contributed by atoms with Gasteiger partial charge < -0.3 is 10.4 Å². The highest BCUT2D eigenvalue weighted by molar-refractivity contribution is 7.20.